The van der Waals surface area contributed by atoms with Crippen LogP contribution in [-0.4, -0.2) is 38.3 Å². The number of nitrogens with two attached hydrogens (primary N) is 1. The Morgan fingerprint density at radius 1 is 1.03 bits per heavy atom. The average Bonchev–Trinajstić information content (AvgIpc) is 3.20. The van der Waals surface area contributed by atoms with Crippen LogP contribution in [0.1, 0.15) is 5.69 Å². The fraction of sp³-hybridized carbons (Fsp3) is 0.0952. The van der Waals surface area contributed by atoms with Gasteiger partial charge in [0.25, 0.3) is 0 Å². The van der Waals surface area contributed by atoms with Crippen LogP contribution in [-0.2, 0) is 0 Å². The molecule has 0 fully saturated rings. The van der Waals surface area contributed by atoms with Gasteiger partial charge in [-0.25, -0.2) is 9.78 Å². The van der Waals surface area contributed by atoms with E-state index in [9.17, 15) is 9.59 Å². The van der Waals surface area contributed by atoms with E-state index in [1.807, 2.05) is 0 Å². The predicted molar refractivity (Wildman–Crippen MR) is 126 cm³/mol. The summed E-state index contributed by atoms with van der Waals surface area (Å²) < 4.78 is 11.2. The smallest absolute Gasteiger partial charge is 0.324 e. The Kier molecular flexibility index (Phi) is 6.25. The van der Waals surface area contributed by atoms with Gasteiger partial charge in [-0.3, -0.25) is 9.89 Å². The molecule has 0 spiro atoms. The summed E-state index contributed by atoms with van der Waals surface area (Å²) in [6.07, 6.45) is 1.39. The number of urea groups is 1. The van der Waals surface area contributed by atoms with Crippen molar-refractivity contribution in [1.82, 2.24) is 25.1 Å². The first-order chi connectivity index (χ1) is 16.4. The first-order valence-corrected chi connectivity index (χ1v) is 9.94. The standard InChI is InChI=1S/C21H21N9O4/c1-11-7-17(27-18-9-16(22)29-30-18)28-21(24-11)34-14-5-3-12(8-15(14)33-2)25-20(32)26-13-4-6-19(31)23-10-13/h3-10H,1-2H3,(H,23,31)(H2,25,26,32)(H4,22,24,27,28,29,30). The molecule has 174 valence electrons. The number of nitrogen functional groups attached to an aromatic ring is 1. The first-order valence-electron chi connectivity index (χ1n) is 9.94. The van der Waals surface area contributed by atoms with E-state index >= 15 is 0 Å². The van der Waals surface area contributed by atoms with Gasteiger partial charge in [0.05, 0.1) is 12.8 Å². The van der Waals surface area contributed by atoms with Gasteiger partial charge in [0, 0.05) is 41.8 Å². The number of ether oxygens (including phenoxy) is 2. The topological polar surface area (TPSA) is 185 Å². The highest BCUT2D eigenvalue weighted by Crippen LogP contribution is 2.33. The second-order valence-corrected chi connectivity index (χ2v) is 7.00. The molecule has 4 aromatic rings. The van der Waals surface area contributed by atoms with Crippen molar-refractivity contribution in [2.45, 2.75) is 6.92 Å². The molecule has 3 heterocycles. The number of aryl methyl sites for hydroxylation is 1. The molecule has 7 N–H and O–H groups in total. The Labute approximate surface area is 192 Å². The van der Waals surface area contributed by atoms with Crippen molar-refractivity contribution in [3.05, 3.63) is 64.7 Å². The Balaban J connectivity index is 1.46. The zero-order chi connectivity index (χ0) is 24.1. The number of aromatic nitrogens is 5. The molecule has 3 aromatic heterocycles. The van der Waals surface area contributed by atoms with Crippen LogP contribution in [0.2, 0.25) is 0 Å². The molecule has 0 saturated heterocycles. The molecule has 2 amide bonds. The number of nitrogens with zero attached hydrogens (tertiary/aromatic N) is 3. The summed E-state index contributed by atoms with van der Waals surface area (Å²) in [6.45, 7) is 1.80. The fourth-order valence-corrected chi connectivity index (χ4v) is 2.90. The van der Waals surface area contributed by atoms with Gasteiger partial charge in [0.15, 0.2) is 11.5 Å². The van der Waals surface area contributed by atoms with Crippen LogP contribution in [0.5, 0.6) is 17.5 Å². The highest BCUT2D eigenvalue weighted by molar-refractivity contribution is 5.99. The molecule has 0 atom stereocenters. The summed E-state index contributed by atoms with van der Waals surface area (Å²) in [6, 6.07) is 10.6. The predicted octanol–water partition coefficient (Wildman–Crippen LogP) is 2.97. The lowest BCUT2D eigenvalue weighted by Gasteiger charge is -2.13. The first kappa shape index (κ1) is 22.1. The van der Waals surface area contributed by atoms with Crippen molar-refractivity contribution in [2.75, 3.05) is 28.8 Å². The summed E-state index contributed by atoms with van der Waals surface area (Å²) >= 11 is 0. The number of pyridine rings is 1. The molecule has 4 rings (SSSR count). The molecule has 13 nitrogen and oxygen atoms in total. The minimum Gasteiger partial charge on any atom is -0.493 e. The van der Waals surface area contributed by atoms with E-state index in [2.05, 4.69) is 41.1 Å². The van der Waals surface area contributed by atoms with E-state index in [1.54, 1.807) is 37.3 Å². The van der Waals surface area contributed by atoms with Crippen LogP contribution >= 0.6 is 0 Å². The van der Waals surface area contributed by atoms with E-state index in [0.717, 1.165) is 0 Å². The number of methoxy groups -OCH3 is 1. The molecule has 0 aliphatic rings. The highest BCUT2D eigenvalue weighted by Gasteiger charge is 2.12. The van der Waals surface area contributed by atoms with Gasteiger partial charge in [-0.15, -0.1) is 0 Å². The Morgan fingerprint density at radius 2 is 1.82 bits per heavy atom. The summed E-state index contributed by atoms with van der Waals surface area (Å²) in [5.74, 6) is 2.08. The Morgan fingerprint density at radius 3 is 2.53 bits per heavy atom. The van der Waals surface area contributed by atoms with Crippen LogP contribution in [0.3, 0.4) is 0 Å². The second-order valence-electron chi connectivity index (χ2n) is 7.00. The quantitative estimate of drug-likeness (QED) is 0.240. The van der Waals surface area contributed by atoms with Crippen molar-refractivity contribution in [2.24, 2.45) is 0 Å². The lowest BCUT2D eigenvalue weighted by atomic mass is 10.2. The van der Waals surface area contributed by atoms with Crippen molar-refractivity contribution in [3.8, 4) is 17.5 Å². The van der Waals surface area contributed by atoms with Crippen LogP contribution in [0.15, 0.2) is 53.5 Å². The maximum absolute atomic E-state index is 12.2. The van der Waals surface area contributed by atoms with Gasteiger partial charge in [0.2, 0.25) is 5.56 Å². The SMILES string of the molecule is COc1cc(NC(=O)Nc2ccc(=O)[nH]c2)ccc1Oc1nc(C)cc(Nc2cc(N)n[nH]2)n1. The van der Waals surface area contributed by atoms with Gasteiger partial charge >= 0.3 is 12.0 Å². The molecule has 0 aliphatic carbocycles. The van der Waals surface area contributed by atoms with E-state index in [1.165, 1.54) is 25.4 Å². The van der Waals surface area contributed by atoms with E-state index in [0.29, 0.717) is 46.0 Å². The van der Waals surface area contributed by atoms with Gasteiger partial charge in [-0.2, -0.15) is 10.1 Å². The second kappa shape index (κ2) is 9.60. The van der Waals surface area contributed by atoms with Gasteiger partial charge in [-0.1, -0.05) is 0 Å². The van der Waals surface area contributed by atoms with Crippen molar-refractivity contribution < 1.29 is 14.3 Å². The molecule has 1 aromatic carbocycles. The van der Waals surface area contributed by atoms with Crippen LogP contribution in [0.25, 0.3) is 0 Å². The van der Waals surface area contributed by atoms with Gasteiger partial charge in [-0.05, 0) is 25.1 Å². The number of aromatic amines is 2. The summed E-state index contributed by atoms with van der Waals surface area (Å²) in [4.78, 5) is 34.5. The summed E-state index contributed by atoms with van der Waals surface area (Å²) in [7, 11) is 1.47. The summed E-state index contributed by atoms with van der Waals surface area (Å²) in [5, 5.41) is 14.9. The maximum atomic E-state index is 12.2. The van der Waals surface area contributed by atoms with Crippen LogP contribution in [0.4, 0.5) is 33.6 Å². The fourth-order valence-electron chi connectivity index (χ4n) is 2.90. The highest BCUT2D eigenvalue weighted by atomic mass is 16.5. The molecule has 0 saturated carbocycles. The molecular weight excluding hydrogens is 442 g/mol. The number of H-pyrrole nitrogens is 2. The number of hydrogen-bond acceptors (Lipinski definition) is 9. The third-order valence-electron chi connectivity index (χ3n) is 4.36. The lowest BCUT2D eigenvalue weighted by molar-refractivity contribution is 0.262. The third-order valence-corrected chi connectivity index (χ3v) is 4.36. The van der Waals surface area contributed by atoms with Gasteiger partial charge < -0.3 is 36.1 Å². The monoisotopic (exact) mass is 463 g/mol. The van der Waals surface area contributed by atoms with Crippen molar-refractivity contribution in [1.29, 1.82) is 0 Å². The van der Waals surface area contributed by atoms with E-state index in [-0.39, 0.29) is 11.6 Å². The number of amides is 2. The molecule has 13 heteroatoms. The normalized spacial score (nSPS) is 10.4. The molecule has 34 heavy (non-hydrogen) atoms. The van der Waals surface area contributed by atoms with Crippen LogP contribution in [0, 0.1) is 6.92 Å². The number of carbonyl (C=O) groups is 1. The zero-order valence-corrected chi connectivity index (χ0v) is 18.2. The number of nitrogens with one attached hydrogen (secondary N) is 5. The largest absolute Gasteiger partial charge is 0.493 e. The van der Waals surface area contributed by atoms with Crippen molar-refractivity contribution in [3.63, 3.8) is 0 Å². The Bertz CT molecular complexity index is 1360. The Hall–Kier alpha value is -5.07. The third kappa shape index (κ3) is 5.59. The van der Waals surface area contributed by atoms with Gasteiger partial charge in [0.1, 0.15) is 17.5 Å². The average molecular weight is 463 g/mol. The number of rotatable bonds is 7. The number of carbonyl (C=O) groups excluding carboxylic acids is 1. The molecule has 0 unspecified atom stereocenters. The van der Waals surface area contributed by atoms with Crippen molar-refractivity contribution >= 4 is 34.9 Å². The lowest BCUT2D eigenvalue weighted by Crippen LogP contribution is -2.20. The molecular formula is C21H21N9O4. The molecule has 0 radical (unpaired) electrons. The molecule has 0 bridgehead atoms. The van der Waals surface area contributed by atoms with E-state index < -0.39 is 6.03 Å². The number of benzene rings is 1. The van der Waals surface area contributed by atoms with E-state index in [4.69, 9.17) is 15.2 Å². The van der Waals surface area contributed by atoms with Crippen LogP contribution < -0.4 is 36.7 Å². The number of anilines is 5. The minimum atomic E-state index is -0.500. The number of hydrogen-bond donors (Lipinski definition) is 6. The minimum absolute atomic E-state index is 0.0878. The zero-order valence-electron chi connectivity index (χ0n) is 18.2. The summed E-state index contributed by atoms with van der Waals surface area (Å²) in [5.41, 5.74) is 6.90. The molecule has 0 aliphatic heterocycles. The maximum Gasteiger partial charge on any atom is 0.324 e.